The third kappa shape index (κ3) is 1.05. The summed E-state index contributed by atoms with van der Waals surface area (Å²) >= 11 is 0. The van der Waals surface area contributed by atoms with Crippen molar-refractivity contribution in [3.05, 3.63) is 41.5 Å². The van der Waals surface area contributed by atoms with Gasteiger partial charge in [-0.3, -0.25) is 4.79 Å². The number of carbonyl (C=O) groups is 1. The molecule has 0 saturated heterocycles. The molecule has 2 rings (SSSR count). The lowest BCUT2D eigenvalue weighted by atomic mass is 9.93. The van der Waals surface area contributed by atoms with Crippen molar-refractivity contribution in [2.75, 3.05) is 5.73 Å². The van der Waals surface area contributed by atoms with Crippen molar-refractivity contribution >= 4 is 17.2 Å². The molecule has 13 heavy (non-hydrogen) atoms. The third-order valence-corrected chi connectivity index (χ3v) is 2.03. The molecule has 1 aliphatic carbocycles. The maximum Gasteiger partial charge on any atom is 0.186 e. The Labute approximate surface area is 75.4 Å². The number of allylic oxidation sites excluding steroid dienone is 2. The van der Waals surface area contributed by atoms with E-state index in [-0.39, 0.29) is 5.78 Å². The molecular weight excluding hydrogens is 164 g/mol. The molecule has 0 spiro atoms. The third-order valence-electron chi connectivity index (χ3n) is 2.03. The largest absolute Gasteiger partial charge is 0.398 e. The van der Waals surface area contributed by atoms with Crippen LogP contribution in [0.4, 0.5) is 5.69 Å². The van der Waals surface area contributed by atoms with Crippen LogP contribution in [0.5, 0.6) is 0 Å². The smallest absolute Gasteiger partial charge is 0.186 e. The number of hydrogen-bond acceptors (Lipinski definition) is 3. The Kier molecular flexibility index (Phi) is 1.52. The molecule has 0 bridgehead atoms. The van der Waals surface area contributed by atoms with Crippen LogP contribution in [-0.2, 0) is 0 Å². The van der Waals surface area contributed by atoms with Gasteiger partial charge in [0, 0.05) is 16.8 Å². The molecule has 0 aliphatic heterocycles. The van der Waals surface area contributed by atoms with Gasteiger partial charge in [0.15, 0.2) is 5.78 Å². The van der Waals surface area contributed by atoms with Gasteiger partial charge >= 0.3 is 0 Å². The van der Waals surface area contributed by atoms with E-state index in [0.29, 0.717) is 22.5 Å². The van der Waals surface area contributed by atoms with Crippen molar-refractivity contribution in [2.24, 2.45) is 0 Å². The van der Waals surface area contributed by atoms with E-state index < -0.39 is 0 Å². The van der Waals surface area contributed by atoms with Crippen molar-refractivity contribution in [3.63, 3.8) is 0 Å². The van der Waals surface area contributed by atoms with Crippen molar-refractivity contribution in [1.82, 2.24) is 0 Å². The molecule has 0 radical (unpaired) electrons. The van der Waals surface area contributed by atoms with Crippen LogP contribution in [0.3, 0.4) is 0 Å². The van der Waals surface area contributed by atoms with Crippen molar-refractivity contribution in [2.45, 2.75) is 0 Å². The predicted octanol–water partition coefficient (Wildman–Crippen LogP) is 1.39. The summed E-state index contributed by atoms with van der Waals surface area (Å²) in [6, 6.07) is 5.10. The molecule has 3 heteroatoms. The Hall–Kier alpha value is -1.90. The normalized spacial score (nSPS) is 14.5. The Morgan fingerprint density at radius 1 is 1.23 bits per heavy atom. The van der Waals surface area contributed by atoms with E-state index >= 15 is 0 Å². The molecule has 3 nitrogen and oxygen atoms in total. The Balaban J connectivity index is 2.76. The zero-order chi connectivity index (χ0) is 9.42. The van der Waals surface area contributed by atoms with Crippen LogP contribution in [0, 0.1) is 5.41 Å². The fourth-order valence-electron chi connectivity index (χ4n) is 1.41. The first-order valence-electron chi connectivity index (χ1n) is 3.90. The highest BCUT2D eigenvalue weighted by Crippen LogP contribution is 2.22. The van der Waals surface area contributed by atoms with Crippen LogP contribution in [0.2, 0.25) is 0 Å². The van der Waals surface area contributed by atoms with E-state index in [1.54, 1.807) is 18.2 Å². The Bertz CT molecular complexity index is 433. The lowest BCUT2D eigenvalue weighted by Gasteiger charge is -2.12. The number of hydrogen-bond donors (Lipinski definition) is 2. The molecule has 0 saturated carbocycles. The van der Waals surface area contributed by atoms with Gasteiger partial charge in [0.2, 0.25) is 0 Å². The van der Waals surface area contributed by atoms with E-state index in [1.165, 1.54) is 12.2 Å². The highest BCUT2D eigenvalue weighted by Gasteiger charge is 2.17. The van der Waals surface area contributed by atoms with Crippen LogP contribution in [0.1, 0.15) is 15.9 Å². The molecule has 1 aromatic rings. The summed E-state index contributed by atoms with van der Waals surface area (Å²) in [4.78, 5) is 11.3. The SMILES string of the molecule is N=C1C=CC(=O)c2cccc(N)c21. The number of carbonyl (C=O) groups excluding carboxylic acids is 1. The van der Waals surface area contributed by atoms with Gasteiger partial charge in [-0.1, -0.05) is 12.1 Å². The van der Waals surface area contributed by atoms with Gasteiger partial charge in [-0.15, -0.1) is 0 Å². The van der Waals surface area contributed by atoms with E-state index in [4.69, 9.17) is 11.1 Å². The van der Waals surface area contributed by atoms with Crippen LogP contribution >= 0.6 is 0 Å². The van der Waals surface area contributed by atoms with Gasteiger partial charge in [0.1, 0.15) is 0 Å². The van der Waals surface area contributed by atoms with Crippen molar-refractivity contribution in [1.29, 1.82) is 5.41 Å². The van der Waals surface area contributed by atoms with Crippen molar-refractivity contribution in [3.8, 4) is 0 Å². The van der Waals surface area contributed by atoms with Gasteiger partial charge in [-0.2, -0.15) is 0 Å². The number of rotatable bonds is 0. The lowest BCUT2D eigenvalue weighted by Crippen LogP contribution is -2.13. The standard InChI is InChI=1S/C10H8N2O/c11-7-3-1-2-6-9(13)5-4-8(12)10(6)7/h1-5,12H,11H2. The summed E-state index contributed by atoms with van der Waals surface area (Å²) in [5.41, 5.74) is 7.52. The quantitative estimate of drug-likeness (QED) is 0.580. The Morgan fingerprint density at radius 3 is 2.69 bits per heavy atom. The number of anilines is 1. The molecule has 64 valence electrons. The molecule has 0 fully saturated rings. The molecule has 0 heterocycles. The average molecular weight is 172 g/mol. The number of nitrogens with one attached hydrogen (secondary N) is 1. The van der Waals surface area contributed by atoms with Gasteiger partial charge in [-0.05, 0) is 18.2 Å². The summed E-state index contributed by atoms with van der Waals surface area (Å²) in [5, 5.41) is 7.58. The highest BCUT2D eigenvalue weighted by atomic mass is 16.1. The minimum absolute atomic E-state index is 0.0849. The first-order chi connectivity index (χ1) is 6.20. The van der Waals surface area contributed by atoms with Gasteiger partial charge in [0.25, 0.3) is 0 Å². The Morgan fingerprint density at radius 2 is 2.00 bits per heavy atom. The van der Waals surface area contributed by atoms with Crippen LogP contribution in [0.15, 0.2) is 30.4 Å². The second kappa shape index (κ2) is 2.55. The first kappa shape index (κ1) is 7.73. The summed E-state index contributed by atoms with van der Waals surface area (Å²) in [7, 11) is 0. The monoisotopic (exact) mass is 172 g/mol. The summed E-state index contributed by atoms with van der Waals surface area (Å²) in [5.74, 6) is -0.0849. The van der Waals surface area contributed by atoms with E-state index in [2.05, 4.69) is 0 Å². The highest BCUT2D eigenvalue weighted by molar-refractivity contribution is 6.24. The minimum Gasteiger partial charge on any atom is -0.398 e. The average Bonchev–Trinajstić information content (AvgIpc) is 2.12. The van der Waals surface area contributed by atoms with Crippen LogP contribution in [-0.4, -0.2) is 11.5 Å². The molecule has 0 unspecified atom stereocenters. The molecule has 0 aromatic heterocycles. The maximum atomic E-state index is 11.3. The van der Waals surface area contributed by atoms with Crippen molar-refractivity contribution < 1.29 is 4.79 Å². The number of ketones is 1. The molecular formula is C10H8N2O. The van der Waals surface area contributed by atoms with Crippen LogP contribution in [0.25, 0.3) is 0 Å². The number of nitrogen functional groups attached to an aromatic ring is 1. The van der Waals surface area contributed by atoms with E-state index in [0.717, 1.165) is 0 Å². The number of benzene rings is 1. The van der Waals surface area contributed by atoms with E-state index in [1.807, 2.05) is 0 Å². The van der Waals surface area contributed by atoms with E-state index in [9.17, 15) is 4.79 Å². The fourth-order valence-corrected chi connectivity index (χ4v) is 1.41. The van der Waals surface area contributed by atoms with Crippen LogP contribution < -0.4 is 5.73 Å². The molecule has 1 aromatic carbocycles. The maximum absolute atomic E-state index is 11.3. The minimum atomic E-state index is -0.0849. The van der Waals surface area contributed by atoms with Gasteiger partial charge in [-0.25, -0.2) is 0 Å². The lowest BCUT2D eigenvalue weighted by molar-refractivity contribution is 0.104. The van der Waals surface area contributed by atoms with Gasteiger partial charge in [0.05, 0.1) is 5.71 Å². The second-order valence-corrected chi connectivity index (χ2v) is 2.88. The fraction of sp³-hybridized carbons (Fsp3) is 0. The molecule has 0 amide bonds. The van der Waals surface area contributed by atoms with Gasteiger partial charge < -0.3 is 11.1 Å². The first-order valence-corrected chi connectivity index (χ1v) is 3.90. The summed E-state index contributed by atoms with van der Waals surface area (Å²) in [6.07, 6.45) is 2.87. The zero-order valence-corrected chi connectivity index (χ0v) is 6.87. The second-order valence-electron chi connectivity index (χ2n) is 2.88. The topological polar surface area (TPSA) is 66.9 Å². The number of fused-ring (bicyclic) bond motifs is 1. The summed E-state index contributed by atoms with van der Waals surface area (Å²) < 4.78 is 0. The molecule has 0 atom stereocenters. The molecule has 3 N–H and O–H groups in total. The summed E-state index contributed by atoms with van der Waals surface area (Å²) in [6.45, 7) is 0. The zero-order valence-electron chi connectivity index (χ0n) is 6.87. The predicted molar refractivity (Wildman–Crippen MR) is 51.2 cm³/mol. The molecule has 1 aliphatic rings. The number of nitrogens with two attached hydrogens (primary N) is 1.